The minimum Gasteiger partial charge on any atom is -0.393 e. The molecule has 0 aromatic heterocycles. The molecule has 0 heterocycles. The molecule has 0 spiro atoms. The van der Waals surface area contributed by atoms with Crippen molar-refractivity contribution in [3.63, 3.8) is 0 Å². The second kappa shape index (κ2) is 1.51. The summed E-state index contributed by atoms with van der Waals surface area (Å²) < 4.78 is 0. The summed E-state index contributed by atoms with van der Waals surface area (Å²) in [4.78, 5) is 0. The average molecular weight is 128 g/mol. The molecule has 54 valence electrons. The first-order valence-corrected chi connectivity index (χ1v) is 3.56. The van der Waals surface area contributed by atoms with Gasteiger partial charge in [0.15, 0.2) is 0 Å². The van der Waals surface area contributed by atoms with Crippen molar-refractivity contribution in [3.8, 4) is 0 Å². The molecule has 0 saturated heterocycles. The standard InChI is InChI=1S/C8H16O/c1-7(2)5-6(9)8(7,3)4/h6,9H,5H2,1-4H3. The normalized spacial score (nSPS) is 37.7. The molecule has 0 radical (unpaired) electrons. The van der Waals surface area contributed by atoms with E-state index < -0.39 is 0 Å². The van der Waals surface area contributed by atoms with E-state index in [1.165, 1.54) is 0 Å². The molecule has 1 fully saturated rings. The number of aliphatic hydroxyl groups excluding tert-OH is 1. The third-order valence-corrected chi connectivity index (χ3v) is 3.28. The van der Waals surface area contributed by atoms with Crippen LogP contribution in [-0.2, 0) is 0 Å². The Morgan fingerprint density at radius 2 is 1.67 bits per heavy atom. The highest BCUT2D eigenvalue weighted by Crippen LogP contribution is 2.55. The highest BCUT2D eigenvalue weighted by Gasteiger charge is 2.53. The van der Waals surface area contributed by atoms with Crippen LogP contribution in [0.25, 0.3) is 0 Å². The van der Waals surface area contributed by atoms with E-state index in [0.29, 0.717) is 5.41 Å². The van der Waals surface area contributed by atoms with Crippen molar-refractivity contribution in [1.29, 1.82) is 0 Å². The van der Waals surface area contributed by atoms with Crippen LogP contribution in [0.2, 0.25) is 0 Å². The van der Waals surface area contributed by atoms with E-state index in [1.807, 2.05) is 0 Å². The first kappa shape index (κ1) is 7.07. The Morgan fingerprint density at radius 1 is 1.22 bits per heavy atom. The zero-order valence-corrected chi connectivity index (χ0v) is 6.73. The topological polar surface area (TPSA) is 20.2 Å². The van der Waals surface area contributed by atoms with Gasteiger partial charge in [-0.3, -0.25) is 0 Å². The maximum Gasteiger partial charge on any atom is 0.0601 e. The van der Waals surface area contributed by atoms with Crippen molar-refractivity contribution in [2.75, 3.05) is 0 Å². The predicted molar refractivity (Wildman–Crippen MR) is 38.2 cm³/mol. The Labute approximate surface area is 57.1 Å². The zero-order chi connectivity index (χ0) is 7.28. The van der Waals surface area contributed by atoms with E-state index >= 15 is 0 Å². The zero-order valence-electron chi connectivity index (χ0n) is 6.73. The fourth-order valence-corrected chi connectivity index (χ4v) is 1.32. The summed E-state index contributed by atoms with van der Waals surface area (Å²) in [5.74, 6) is 0. The van der Waals surface area contributed by atoms with E-state index in [4.69, 9.17) is 0 Å². The molecule has 0 amide bonds. The monoisotopic (exact) mass is 128 g/mol. The molecule has 1 aliphatic rings. The van der Waals surface area contributed by atoms with E-state index in [0.717, 1.165) is 6.42 Å². The van der Waals surface area contributed by atoms with Crippen molar-refractivity contribution < 1.29 is 5.11 Å². The molecule has 1 aliphatic carbocycles. The van der Waals surface area contributed by atoms with Crippen LogP contribution in [0.5, 0.6) is 0 Å². The molecule has 0 bridgehead atoms. The van der Waals surface area contributed by atoms with Crippen molar-refractivity contribution >= 4 is 0 Å². The molecule has 1 saturated carbocycles. The summed E-state index contributed by atoms with van der Waals surface area (Å²) in [7, 11) is 0. The molecule has 9 heavy (non-hydrogen) atoms. The lowest BCUT2D eigenvalue weighted by Gasteiger charge is -2.56. The minimum absolute atomic E-state index is 0.0764. The van der Waals surface area contributed by atoms with Gasteiger partial charge in [0.1, 0.15) is 0 Å². The Hall–Kier alpha value is -0.0400. The van der Waals surface area contributed by atoms with E-state index in [2.05, 4.69) is 27.7 Å². The van der Waals surface area contributed by atoms with Gasteiger partial charge in [-0.15, -0.1) is 0 Å². The number of aliphatic hydroxyl groups is 1. The largest absolute Gasteiger partial charge is 0.393 e. The summed E-state index contributed by atoms with van der Waals surface area (Å²) in [6, 6.07) is 0. The van der Waals surface area contributed by atoms with Gasteiger partial charge >= 0.3 is 0 Å². The van der Waals surface area contributed by atoms with Crippen LogP contribution < -0.4 is 0 Å². The lowest BCUT2D eigenvalue weighted by atomic mass is 9.51. The second-order valence-corrected chi connectivity index (χ2v) is 4.33. The van der Waals surface area contributed by atoms with Crippen LogP contribution in [0.4, 0.5) is 0 Å². The molecule has 0 aromatic rings. The Balaban J connectivity index is 2.70. The smallest absolute Gasteiger partial charge is 0.0601 e. The highest BCUT2D eigenvalue weighted by atomic mass is 16.3. The van der Waals surface area contributed by atoms with Crippen LogP contribution in [0.15, 0.2) is 0 Å². The van der Waals surface area contributed by atoms with Crippen molar-refractivity contribution in [2.24, 2.45) is 10.8 Å². The molecule has 1 rings (SSSR count). The van der Waals surface area contributed by atoms with Gasteiger partial charge in [-0.1, -0.05) is 27.7 Å². The van der Waals surface area contributed by atoms with Gasteiger partial charge in [0.2, 0.25) is 0 Å². The van der Waals surface area contributed by atoms with E-state index in [-0.39, 0.29) is 11.5 Å². The number of rotatable bonds is 0. The summed E-state index contributed by atoms with van der Waals surface area (Å²) in [6.07, 6.45) is 0.882. The fourth-order valence-electron chi connectivity index (χ4n) is 1.32. The van der Waals surface area contributed by atoms with Gasteiger partial charge in [0.05, 0.1) is 6.10 Å². The van der Waals surface area contributed by atoms with Crippen LogP contribution in [-0.4, -0.2) is 11.2 Å². The third-order valence-electron chi connectivity index (χ3n) is 3.28. The second-order valence-electron chi connectivity index (χ2n) is 4.33. The lowest BCUT2D eigenvalue weighted by molar-refractivity contribution is -0.151. The minimum atomic E-state index is -0.0764. The molecule has 1 nitrogen and oxygen atoms in total. The van der Waals surface area contributed by atoms with Crippen LogP contribution in [0.1, 0.15) is 34.1 Å². The van der Waals surface area contributed by atoms with Gasteiger partial charge in [-0.25, -0.2) is 0 Å². The van der Waals surface area contributed by atoms with Gasteiger partial charge in [0.25, 0.3) is 0 Å². The molecule has 1 N–H and O–H groups in total. The molecule has 1 heteroatoms. The summed E-state index contributed by atoms with van der Waals surface area (Å²) in [5, 5.41) is 9.31. The van der Waals surface area contributed by atoms with Crippen molar-refractivity contribution in [1.82, 2.24) is 0 Å². The molecule has 0 aliphatic heterocycles. The molecular weight excluding hydrogens is 112 g/mol. The summed E-state index contributed by atoms with van der Waals surface area (Å²) >= 11 is 0. The van der Waals surface area contributed by atoms with E-state index in [1.54, 1.807) is 0 Å². The SMILES string of the molecule is CC1(C)CC(O)C1(C)C. The van der Waals surface area contributed by atoms with Gasteiger partial charge < -0.3 is 5.11 Å². The average Bonchev–Trinajstić information content (AvgIpc) is 1.65. The Kier molecular flexibility index (Phi) is 1.19. The third kappa shape index (κ3) is 0.710. The van der Waals surface area contributed by atoms with Gasteiger partial charge in [0, 0.05) is 0 Å². The maximum absolute atomic E-state index is 9.31. The van der Waals surface area contributed by atoms with Gasteiger partial charge in [-0.2, -0.15) is 0 Å². The molecule has 1 atom stereocenters. The van der Waals surface area contributed by atoms with Gasteiger partial charge in [-0.05, 0) is 17.3 Å². The molecule has 0 aromatic carbocycles. The van der Waals surface area contributed by atoms with Crippen molar-refractivity contribution in [3.05, 3.63) is 0 Å². The lowest BCUT2D eigenvalue weighted by Crippen LogP contribution is -2.55. The highest BCUT2D eigenvalue weighted by molar-refractivity contribution is 5.02. The van der Waals surface area contributed by atoms with Crippen LogP contribution in [0.3, 0.4) is 0 Å². The van der Waals surface area contributed by atoms with Crippen molar-refractivity contribution in [2.45, 2.75) is 40.2 Å². The summed E-state index contributed by atoms with van der Waals surface area (Å²) in [6.45, 7) is 8.67. The number of hydrogen-bond donors (Lipinski definition) is 1. The summed E-state index contributed by atoms with van der Waals surface area (Å²) in [5.41, 5.74) is 0.472. The van der Waals surface area contributed by atoms with Crippen LogP contribution in [0, 0.1) is 10.8 Å². The first-order valence-electron chi connectivity index (χ1n) is 3.56. The first-order chi connectivity index (χ1) is 3.88. The van der Waals surface area contributed by atoms with E-state index in [9.17, 15) is 5.11 Å². The fraction of sp³-hybridized carbons (Fsp3) is 1.00. The maximum atomic E-state index is 9.31. The van der Waals surface area contributed by atoms with Crippen LogP contribution >= 0.6 is 0 Å². The quantitative estimate of drug-likeness (QED) is 0.527. The molecule has 1 unspecified atom stereocenters. The Morgan fingerprint density at radius 3 is 1.67 bits per heavy atom. The predicted octanol–water partition coefficient (Wildman–Crippen LogP) is 1.80. The molecular formula is C8H16O. The Bertz CT molecular complexity index is 125. The number of hydrogen-bond acceptors (Lipinski definition) is 1.